The first kappa shape index (κ1) is 14.9. The van der Waals surface area contributed by atoms with Gasteiger partial charge in [0.1, 0.15) is 6.04 Å². The minimum absolute atomic E-state index is 0.154. The van der Waals surface area contributed by atoms with Crippen molar-refractivity contribution in [2.75, 3.05) is 39.3 Å². The Bertz CT molecular complexity index is 294. The number of nitrogens with zero attached hydrogens (tertiary/aromatic N) is 3. The van der Waals surface area contributed by atoms with Crippen LogP contribution in [-0.4, -0.2) is 61.0 Å². The van der Waals surface area contributed by atoms with E-state index in [1.54, 1.807) is 0 Å². The van der Waals surface area contributed by atoms with E-state index in [2.05, 4.69) is 25.2 Å². The van der Waals surface area contributed by atoms with Crippen molar-refractivity contribution in [3.63, 3.8) is 0 Å². The summed E-state index contributed by atoms with van der Waals surface area (Å²) in [5.41, 5.74) is 0. The molecule has 1 heterocycles. The topological polar surface area (TPSA) is 59.4 Å². The highest BCUT2D eigenvalue weighted by Crippen LogP contribution is 2.04. The predicted molar refractivity (Wildman–Crippen MR) is 71.0 cm³/mol. The van der Waals surface area contributed by atoms with Crippen molar-refractivity contribution < 1.29 is 4.79 Å². The summed E-state index contributed by atoms with van der Waals surface area (Å²) >= 11 is 0. The van der Waals surface area contributed by atoms with Gasteiger partial charge in [-0.25, -0.2) is 0 Å². The Morgan fingerprint density at radius 2 is 2.11 bits per heavy atom. The van der Waals surface area contributed by atoms with Gasteiger partial charge in [-0.15, -0.1) is 0 Å². The Hall–Kier alpha value is -1.12. The SMILES string of the molecule is CCCN(CCC)C(=O)CN1CCNCC1C#N. The maximum atomic E-state index is 12.2. The average molecular weight is 252 g/mol. The molecule has 0 aromatic rings. The minimum atomic E-state index is -0.173. The fourth-order valence-electron chi connectivity index (χ4n) is 2.24. The van der Waals surface area contributed by atoms with Gasteiger partial charge in [0.05, 0.1) is 12.6 Å². The number of hydrogen-bond acceptors (Lipinski definition) is 4. The molecule has 1 amide bonds. The zero-order valence-corrected chi connectivity index (χ0v) is 11.5. The molecule has 0 radical (unpaired) electrons. The summed E-state index contributed by atoms with van der Waals surface area (Å²) < 4.78 is 0. The summed E-state index contributed by atoms with van der Waals surface area (Å²) in [4.78, 5) is 16.1. The molecule has 0 aromatic heterocycles. The van der Waals surface area contributed by atoms with E-state index in [4.69, 9.17) is 5.26 Å². The fraction of sp³-hybridized carbons (Fsp3) is 0.846. The van der Waals surface area contributed by atoms with Crippen LogP contribution in [0.15, 0.2) is 0 Å². The molecular formula is C13H24N4O. The second kappa shape index (κ2) is 8.06. The van der Waals surface area contributed by atoms with Crippen LogP contribution >= 0.6 is 0 Å². The highest BCUT2D eigenvalue weighted by Gasteiger charge is 2.25. The number of piperazine rings is 1. The highest BCUT2D eigenvalue weighted by molar-refractivity contribution is 5.78. The molecule has 1 N–H and O–H groups in total. The van der Waals surface area contributed by atoms with Gasteiger partial charge in [0, 0.05) is 32.7 Å². The van der Waals surface area contributed by atoms with Crippen LogP contribution in [0.3, 0.4) is 0 Å². The summed E-state index contributed by atoms with van der Waals surface area (Å²) in [6.45, 7) is 8.46. The molecule has 1 aliphatic rings. The molecule has 0 spiro atoms. The normalized spacial score (nSPS) is 20.4. The molecular weight excluding hydrogens is 228 g/mol. The molecule has 1 rings (SSSR count). The van der Waals surface area contributed by atoms with Crippen molar-refractivity contribution in [3.8, 4) is 6.07 Å². The average Bonchev–Trinajstić information content (AvgIpc) is 2.39. The van der Waals surface area contributed by atoms with E-state index >= 15 is 0 Å². The molecule has 102 valence electrons. The molecule has 1 aliphatic heterocycles. The van der Waals surface area contributed by atoms with E-state index in [1.165, 1.54) is 0 Å². The van der Waals surface area contributed by atoms with Crippen LogP contribution < -0.4 is 5.32 Å². The second-order valence-electron chi connectivity index (χ2n) is 4.70. The van der Waals surface area contributed by atoms with Gasteiger partial charge in [-0.3, -0.25) is 9.69 Å². The van der Waals surface area contributed by atoms with Gasteiger partial charge in [-0.1, -0.05) is 13.8 Å². The Kier molecular flexibility index (Phi) is 6.69. The lowest BCUT2D eigenvalue weighted by atomic mass is 10.2. The second-order valence-corrected chi connectivity index (χ2v) is 4.70. The third-order valence-corrected chi connectivity index (χ3v) is 3.18. The third-order valence-electron chi connectivity index (χ3n) is 3.18. The van der Waals surface area contributed by atoms with Gasteiger partial charge in [0.2, 0.25) is 5.91 Å². The number of carbonyl (C=O) groups is 1. The first-order valence-corrected chi connectivity index (χ1v) is 6.85. The molecule has 0 saturated carbocycles. The van der Waals surface area contributed by atoms with Crippen molar-refractivity contribution in [3.05, 3.63) is 0 Å². The number of rotatable bonds is 6. The van der Waals surface area contributed by atoms with Gasteiger partial charge in [-0.2, -0.15) is 5.26 Å². The first-order chi connectivity index (χ1) is 8.72. The molecule has 5 heteroatoms. The predicted octanol–water partition coefficient (Wildman–Crippen LogP) is 0.432. The highest BCUT2D eigenvalue weighted by atomic mass is 16.2. The Labute approximate surface area is 110 Å². The van der Waals surface area contributed by atoms with E-state index in [9.17, 15) is 4.79 Å². The monoisotopic (exact) mass is 252 g/mol. The van der Waals surface area contributed by atoms with E-state index in [1.807, 2.05) is 9.80 Å². The van der Waals surface area contributed by atoms with Crippen LogP contribution in [0.5, 0.6) is 0 Å². The molecule has 0 aliphatic carbocycles. The molecule has 5 nitrogen and oxygen atoms in total. The van der Waals surface area contributed by atoms with Crippen molar-refractivity contribution in [2.45, 2.75) is 32.7 Å². The van der Waals surface area contributed by atoms with Crippen LogP contribution in [0.4, 0.5) is 0 Å². The summed E-state index contributed by atoms with van der Waals surface area (Å²) in [5.74, 6) is 0.154. The van der Waals surface area contributed by atoms with Crippen molar-refractivity contribution in [2.24, 2.45) is 0 Å². The lowest BCUT2D eigenvalue weighted by Crippen LogP contribution is -2.54. The van der Waals surface area contributed by atoms with E-state index in [-0.39, 0.29) is 11.9 Å². The van der Waals surface area contributed by atoms with E-state index in [0.29, 0.717) is 13.1 Å². The summed E-state index contributed by atoms with van der Waals surface area (Å²) in [6, 6.07) is 2.08. The summed E-state index contributed by atoms with van der Waals surface area (Å²) in [6.07, 6.45) is 1.96. The van der Waals surface area contributed by atoms with Crippen LogP contribution in [-0.2, 0) is 4.79 Å². The quantitative estimate of drug-likeness (QED) is 0.745. The number of hydrogen-bond donors (Lipinski definition) is 1. The number of nitrogens with one attached hydrogen (secondary N) is 1. The summed E-state index contributed by atoms with van der Waals surface area (Å²) in [7, 11) is 0. The first-order valence-electron chi connectivity index (χ1n) is 6.85. The molecule has 0 aromatic carbocycles. The maximum absolute atomic E-state index is 12.2. The Balaban J connectivity index is 2.52. The molecule has 1 fully saturated rings. The van der Waals surface area contributed by atoms with Crippen LogP contribution in [0.1, 0.15) is 26.7 Å². The van der Waals surface area contributed by atoms with Crippen LogP contribution in [0.2, 0.25) is 0 Å². The van der Waals surface area contributed by atoms with Gasteiger partial charge < -0.3 is 10.2 Å². The third kappa shape index (κ3) is 4.28. The number of carbonyl (C=O) groups excluding carboxylic acids is 1. The van der Waals surface area contributed by atoms with E-state index < -0.39 is 0 Å². The lowest BCUT2D eigenvalue weighted by Gasteiger charge is -2.33. The van der Waals surface area contributed by atoms with Crippen LogP contribution in [0, 0.1) is 11.3 Å². The molecule has 1 unspecified atom stereocenters. The molecule has 1 saturated heterocycles. The van der Waals surface area contributed by atoms with Crippen molar-refractivity contribution in [1.29, 1.82) is 5.26 Å². The Morgan fingerprint density at radius 3 is 2.67 bits per heavy atom. The minimum Gasteiger partial charge on any atom is -0.342 e. The van der Waals surface area contributed by atoms with Gasteiger partial charge in [-0.05, 0) is 12.8 Å². The van der Waals surface area contributed by atoms with Gasteiger partial charge in [0.15, 0.2) is 0 Å². The molecule has 1 atom stereocenters. The van der Waals surface area contributed by atoms with Gasteiger partial charge in [0.25, 0.3) is 0 Å². The lowest BCUT2D eigenvalue weighted by molar-refractivity contribution is -0.133. The van der Waals surface area contributed by atoms with Crippen molar-refractivity contribution in [1.82, 2.24) is 15.1 Å². The maximum Gasteiger partial charge on any atom is 0.236 e. The van der Waals surface area contributed by atoms with Crippen LogP contribution in [0.25, 0.3) is 0 Å². The smallest absolute Gasteiger partial charge is 0.236 e. The summed E-state index contributed by atoms with van der Waals surface area (Å²) in [5, 5.41) is 12.2. The molecule has 0 bridgehead atoms. The van der Waals surface area contributed by atoms with Crippen molar-refractivity contribution >= 4 is 5.91 Å². The number of nitriles is 1. The largest absolute Gasteiger partial charge is 0.342 e. The molecule has 18 heavy (non-hydrogen) atoms. The Morgan fingerprint density at radius 1 is 1.44 bits per heavy atom. The van der Waals surface area contributed by atoms with Gasteiger partial charge >= 0.3 is 0 Å². The van der Waals surface area contributed by atoms with E-state index in [0.717, 1.165) is 39.0 Å². The zero-order valence-electron chi connectivity index (χ0n) is 11.5. The standard InChI is InChI=1S/C13H24N4O/c1-3-6-16(7-4-2)13(18)11-17-8-5-15-10-12(17)9-14/h12,15H,3-8,10-11H2,1-2H3. The number of amides is 1. The fourth-order valence-corrected chi connectivity index (χ4v) is 2.24. The zero-order chi connectivity index (χ0) is 13.4.